The van der Waals surface area contributed by atoms with E-state index in [1.807, 2.05) is 31.2 Å². The SMILES string of the molecule is Cc1ccccc1CCNC(=O)COC(=O)c1ccc(N)cc1. The van der Waals surface area contributed by atoms with Gasteiger partial charge in [-0.15, -0.1) is 0 Å². The number of anilines is 1. The summed E-state index contributed by atoms with van der Waals surface area (Å²) >= 11 is 0. The quantitative estimate of drug-likeness (QED) is 0.632. The van der Waals surface area contributed by atoms with Gasteiger partial charge in [-0.3, -0.25) is 4.79 Å². The van der Waals surface area contributed by atoms with Crippen molar-refractivity contribution in [2.24, 2.45) is 0 Å². The Labute approximate surface area is 135 Å². The lowest BCUT2D eigenvalue weighted by atomic mass is 10.1. The van der Waals surface area contributed by atoms with Crippen molar-refractivity contribution in [2.45, 2.75) is 13.3 Å². The number of aryl methyl sites for hydroxylation is 1. The summed E-state index contributed by atoms with van der Waals surface area (Å²) in [6, 6.07) is 14.4. The lowest BCUT2D eigenvalue weighted by molar-refractivity contribution is -0.124. The largest absolute Gasteiger partial charge is 0.452 e. The number of benzene rings is 2. The smallest absolute Gasteiger partial charge is 0.338 e. The Kier molecular flexibility index (Phi) is 5.74. The number of esters is 1. The minimum atomic E-state index is -0.543. The summed E-state index contributed by atoms with van der Waals surface area (Å²) in [7, 11) is 0. The molecule has 0 unspecified atom stereocenters. The van der Waals surface area contributed by atoms with Crippen LogP contribution in [0.25, 0.3) is 0 Å². The maximum atomic E-state index is 11.8. The van der Waals surface area contributed by atoms with Crippen LogP contribution in [0.1, 0.15) is 21.5 Å². The van der Waals surface area contributed by atoms with E-state index >= 15 is 0 Å². The highest BCUT2D eigenvalue weighted by Gasteiger charge is 2.09. The van der Waals surface area contributed by atoms with Crippen molar-refractivity contribution >= 4 is 17.6 Å². The van der Waals surface area contributed by atoms with Gasteiger partial charge in [0.05, 0.1) is 5.56 Å². The minimum Gasteiger partial charge on any atom is -0.452 e. The molecule has 0 saturated heterocycles. The fourth-order valence-electron chi connectivity index (χ4n) is 2.11. The van der Waals surface area contributed by atoms with Gasteiger partial charge < -0.3 is 15.8 Å². The minimum absolute atomic E-state index is 0.295. The van der Waals surface area contributed by atoms with Gasteiger partial charge in [-0.2, -0.15) is 0 Å². The molecule has 3 N–H and O–H groups in total. The van der Waals surface area contributed by atoms with E-state index in [1.165, 1.54) is 11.1 Å². The second kappa shape index (κ2) is 7.98. The molecule has 0 aliphatic rings. The van der Waals surface area contributed by atoms with Gasteiger partial charge in [-0.05, 0) is 48.7 Å². The number of nitrogens with one attached hydrogen (secondary N) is 1. The summed E-state index contributed by atoms with van der Waals surface area (Å²) in [4.78, 5) is 23.5. The summed E-state index contributed by atoms with van der Waals surface area (Å²) < 4.78 is 4.96. The molecule has 0 aliphatic carbocycles. The van der Waals surface area contributed by atoms with Crippen molar-refractivity contribution in [1.29, 1.82) is 0 Å². The summed E-state index contributed by atoms with van der Waals surface area (Å²) in [5.74, 6) is -0.860. The number of amides is 1. The molecule has 0 saturated carbocycles. The first-order valence-corrected chi connectivity index (χ1v) is 7.40. The third kappa shape index (κ3) is 5.14. The van der Waals surface area contributed by atoms with Gasteiger partial charge in [0.25, 0.3) is 5.91 Å². The van der Waals surface area contributed by atoms with Crippen LogP contribution in [0.2, 0.25) is 0 Å². The van der Waals surface area contributed by atoms with Crippen molar-refractivity contribution in [3.8, 4) is 0 Å². The normalized spacial score (nSPS) is 10.1. The first kappa shape index (κ1) is 16.5. The molecule has 2 aromatic rings. The number of hydrogen-bond acceptors (Lipinski definition) is 4. The number of ether oxygens (including phenoxy) is 1. The van der Waals surface area contributed by atoms with Crippen LogP contribution in [-0.2, 0) is 16.0 Å². The molecule has 2 aromatic carbocycles. The number of nitrogens with two attached hydrogens (primary N) is 1. The van der Waals surface area contributed by atoms with E-state index in [0.29, 0.717) is 17.8 Å². The van der Waals surface area contributed by atoms with Crippen molar-refractivity contribution < 1.29 is 14.3 Å². The molecule has 120 valence electrons. The van der Waals surface area contributed by atoms with E-state index in [1.54, 1.807) is 24.3 Å². The van der Waals surface area contributed by atoms with Crippen molar-refractivity contribution in [1.82, 2.24) is 5.32 Å². The average molecular weight is 312 g/mol. The second-order valence-electron chi connectivity index (χ2n) is 5.22. The molecule has 0 fully saturated rings. The maximum Gasteiger partial charge on any atom is 0.338 e. The zero-order valence-electron chi connectivity index (χ0n) is 13.0. The van der Waals surface area contributed by atoms with Gasteiger partial charge in [0, 0.05) is 12.2 Å². The summed E-state index contributed by atoms with van der Waals surface area (Å²) in [6.07, 6.45) is 0.740. The van der Waals surface area contributed by atoms with Crippen LogP contribution in [0.5, 0.6) is 0 Å². The Morgan fingerprint density at radius 3 is 2.48 bits per heavy atom. The highest BCUT2D eigenvalue weighted by molar-refractivity contribution is 5.91. The summed E-state index contributed by atoms with van der Waals surface area (Å²) in [6.45, 7) is 2.24. The molecule has 0 aliphatic heterocycles. The third-order valence-corrected chi connectivity index (χ3v) is 3.46. The first-order chi connectivity index (χ1) is 11.1. The Hall–Kier alpha value is -2.82. The maximum absolute atomic E-state index is 11.8. The fraction of sp³-hybridized carbons (Fsp3) is 0.222. The Balaban J connectivity index is 1.72. The molecule has 0 atom stereocenters. The van der Waals surface area contributed by atoms with Gasteiger partial charge >= 0.3 is 5.97 Å². The van der Waals surface area contributed by atoms with Crippen LogP contribution < -0.4 is 11.1 Å². The summed E-state index contributed by atoms with van der Waals surface area (Å²) in [5.41, 5.74) is 8.86. The van der Waals surface area contributed by atoms with E-state index in [0.717, 1.165) is 6.42 Å². The van der Waals surface area contributed by atoms with Gasteiger partial charge in [-0.25, -0.2) is 4.79 Å². The number of carbonyl (C=O) groups is 2. The molecule has 2 rings (SSSR count). The zero-order valence-corrected chi connectivity index (χ0v) is 13.0. The molecule has 23 heavy (non-hydrogen) atoms. The topological polar surface area (TPSA) is 81.4 Å². The van der Waals surface area contributed by atoms with Crippen molar-refractivity contribution in [3.05, 3.63) is 65.2 Å². The molecule has 0 spiro atoms. The van der Waals surface area contributed by atoms with E-state index in [9.17, 15) is 9.59 Å². The molecule has 5 nitrogen and oxygen atoms in total. The van der Waals surface area contributed by atoms with Crippen LogP contribution in [0, 0.1) is 6.92 Å². The van der Waals surface area contributed by atoms with Gasteiger partial charge in [0.15, 0.2) is 6.61 Å². The fourth-order valence-corrected chi connectivity index (χ4v) is 2.11. The zero-order chi connectivity index (χ0) is 16.7. The first-order valence-electron chi connectivity index (χ1n) is 7.40. The monoisotopic (exact) mass is 312 g/mol. The van der Waals surface area contributed by atoms with E-state index in [4.69, 9.17) is 10.5 Å². The van der Waals surface area contributed by atoms with Crippen LogP contribution in [0.15, 0.2) is 48.5 Å². The Bertz CT molecular complexity index is 681. The van der Waals surface area contributed by atoms with Crippen LogP contribution in [-0.4, -0.2) is 25.0 Å². The van der Waals surface area contributed by atoms with E-state index in [2.05, 4.69) is 5.32 Å². The summed E-state index contributed by atoms with van der Waals surface area (Å²) in [5, 5.41) is 2.74. The van der Waals surface area contributed by atoms with E-state index in [-0.39, 0.29) is 12.5 Å². The Morgan fingerprint density at radius 2 is 1.78 bits per heavy atom. The van der Waals surface area contributed by atoms with Crippen LogP contribution in [0.4, 0.5) is 5.69 Å². The predicted octanol–water partition coefficient (Wildman–Crippen LogP) is 2.09. The molecule has 0 radical (unpaired) electrons. The second-order valence-corrected chi connectivity index (χ2v) is 5.22. The average Bonchev–Trinajstić information content (AvgIpc) is 2.55. The van der Waals surface area contributed by atoms with Gasteiger partial charge in [0.2, 0.25) is 0 Å². The predicted molar refractivity (Wildman–Crippen MR) is 89.0 cm³/mol. The number of nitrogen functional groups attached to an aromatic ring is 1. The molecular formula is C18H20N2O3. The highest BCUT2D eigenvalue weighted by Crippen LogP contribution is 2.07. The molecule has 0 heterocycles. The standard InChI is InChI=1S/C18H20N2O3/c1-13-4-2-3-5-14(13)10-11-20-17(21)12-23-18(22)15-6-8-16(19)9-7-15/h2-9H,10-12,19H2,1H3,(H,20,21). The third-order valence-electron chi connectivity index (χ3n) is 3.46. The van der Waals surface area contributed by atoms with Crippen molar-refractivity contribution in [3.63, 3.8) is 0 Å². The molecule has 0 bridgehead atoms. The molecule has 1 amide bonds. The van der Waals surface area contributed by atoms with E-state index < -0.39 is 5.97 Å². The lowest BCUT2D eigenvalue weighted by Gasteiger charge is -2.08. The highest BCUT2D eigenvalue weighted by atomic mass is 16.5. The molecular weight excluding hydrogens is 292 g/mol. The van der Waals surface area contributed by atoms with Gasteiger partial charge in [-0.1, -0.05) is 24.3 Å². The molecule has 0 aromatic heterocycles. The number of rotatable bonds is 6. The van der Waals surface area contributed by atoms with Crippen molar-refractivity contribution in [2.75, 3.05) is 18.9 Å². The van der Waals surface area contributed by atoms with Crippen LogP contribution in [0.3, 0.4) is 0 Å². The molecule has 5 heteroatoms. The van der Waals surface area contributed by atoms with Crippen LogP contribution >= 0.6 is 0 Å². The Morgan fingerprint density at radius 1 is 1.09 bits per heavy atom. The number of carbonyl (C=O) groups excluding carboxylic acids is 2. The van der Waals surface area contributed by atoms with Gasteiger partial charge in [0.1, 0.15) is 0 Å². The lowest BCUT2D eigenvalue weighted by Crippen LogP contribution is -2.30. The number of hydrogen-bond donors (Lipinski definition) is 2.